The SMILES string of the molecule is O=C(CCCC1CCCCC1)N1CCN(C(=O)c2ccccc2)CC1. The van der Waals surface area contributed by atoms with Crippen molar-refractivity contribution >= 4 is 11.8 Å². The Morgan fingerprint density at radius 2 is 1.52 bits per heavy atom. The smallest absolute Gasteiger partial charge is 0.253 e. The summed E-state index contributed by atoms with van der Waals surface area (Å²) in [6.07, 6.45) is 9.74. The predicted octanol–water partition coefficient (Wildman–Crippen LogP) is 3.72. The van der Waals surface area contributed by atoms with Crippen LogP contribution in [0.15, 0.2) is 30.3 Å². The second-order valence-electron chi connectivity index (χ2n) is 7.44. The summed E-state index contributed by atoms with van der Waals surface area (Å²) in [4.78, 5) is 28.7. The zero-order chi connectivity index (χ0) is 17.5. The van der Waals surface area contributed by atoms with E-state index < -0.39 is 0 Å². The molecule has 1 saturated heterocycles. The molecule has 4 heteroatoms. The van der Waals surface area contributed by atoms with Crippen LogP contribution in [0.4, 0.5) is 0 Å². The molecular formula is C21H30N2O2. The summed E-state index contributed by atoms with van der Waals surface area (Å²) in [7, 11) is 0. The highest BCUT2D eigenvalue weighted by atomic mass is 16.2. The summed E-state index contributed by atoms with van der Waals surface area (Å²) in [6, 6.07) is 9.40. The number of hydrogen-bond donors (Lipinski definition) is 0. The Labute approximate surface area is 151 Å². The second kappa shape index (κ2) is 9.02. The fourth-order valence-corrected chi connectivity index (χ4v) is 4.10. The maximum absolute atomic E-state index is 12.4. The number of carbonyl (C=O) groups excluding carboxylic acids is 2. The number of piperazine rings is 1. The van der Waals surface area contributed by atoms with Crippen molar-refractivity contribution in [2.45, 2.75) is 51.4 Å². The summed E-state index contributed by atoms with van der Waals surface area (Å²) < 4.78 is 0. The van der Waals surface area contributed by atoms with Crippen LogP contribution < -0.4 is 0 Å². The molecule has 2 aliphatic rings. The molecule has 0 spiro atoms. The fourth-order valence-electron chi connectivity index (χ4n) is 4.10. The topological polar surface area (TPSA) is 40.6 Å². The van der Waals surface area contributed by atoms with Crippen LogP contribution in [0.2, 0.25) is 0 Å². The number of hydrogen-bond acceptors (Lipinski definition) is 2. The average molecular weight is 342 g/mol. The molecule has 2 fully saturated rings. The van der Waals surface area contributed by atoms with E-state index in [2.05, 4.69) is 0 Å². The Balaban J connectivity index is 1.38. The molecule has 0 aromatic heterocycles. The van der Waals surface area contributed by atoms with Crippen molar-refractivity contribution < 1.29 is 9.59 Å². The minimum atomic E-state index is 0.0741. The van der Waals surface area contributed by atoms with Gasteiger partial charge in [0.15, 0.2) is 0 Å². The number of rotatable bonds is 5. The van der Waals surface area contributed by atoms with Crippen molar-refractivity contribution in [2.75, 3.05) is 26.2 Å². The van der Waals surface area contributed by atoms with Crippen LogP contribution in [0, 0.1) is 5.92 Å². The van der Waals surface area contributed by atoms with E-state index in [-0.39, 0.29) is 11.8 Å². The Kier molecular flexibility index (Phi) is 6.48. The van der Waals surface area contributed by atoms with Gasteiger partial charge in [0.1, 0.15) is 0 Å². The normalized spacial score (nSPS) is 19.0. The highest BCUT2D eigenvalue weighted by Crippen LogP contribution is 2.27. The van der Waals surface area contributed by atoms with Gasteiger partial charge < -0.3 is 9.80 Å². The van der Waals surface area contributed by atoms with E-state index in [1.165, 1.54) is 38.5 Å². The van der Waals surface area contributed by atoms with Gasteiger partial charge in [0.05, 0.1) is 0 Å². The Morgan fingerprint density at radius 1 is 0.880 bits per heavy atom. The molecule has 2 amide bonds. The average Bonchev–Trinajstić information content (AvgIpc) is 2.69. The van der Waals surface area contributed by atoms with E-state index in [0.717, 1.165) is 17.9 Å². The summed E-state index contributed by atoms with van der Waals surface area (Å²) >= 11 is 0. The summed E-state index contributed by atoms with van der Waals surface area (Å²) in [6.45, 7) is 2.62. The number of amides is 2. The van der Waals surface area contributed by atoms with E-state index in [9.17, 15) is 9.59 Å². The van der Waals surface area contributed by atoms with E-state index in [4.69, 9.17) is 0 Å². The monoisotopic (exact) mass is 342 g/mol. The lowest BCUT2D eigenvalue weighted by atomic mass is 9.86. The van der Waals surface area contributed by atoms with E-state index in [0.29, 0.717) is 32.6 Å². The molecule has 1 saturated carbocycles. The second-order valence-corrected chi connectivity index (χ2v) is 7.44. The Morgan fingerprint density at radius 3 is 2.20 bits per heavy atom. The largest absolute Gasteiger partial charge is 0.339 e. The van der Waals surface area contributed by atoms with Crippen LogP contribution in [-0.2, 0) is 4.79 Å². The van der Waals surface area contributed by atoms with Crippen LogP contribution in [0.25, 0.3) is 0 Å². The molecule has 25 heavy (non-hydrogen) atoms. The molecule has 0 N–H and O–H groups in total. The molecule has 0 radical (unpaired) electrons. The molecule has 0 atom stereocenters. The van der Waals surface area contributed by atoms with Crippen molar-refractivity contribution in [3.8, 4) is 0 Å². The minimum absolute atomic E-state index is 0.0741. The molecule has 1 aliphatic carbocycles. The highest BCUT2D eigenvalue weighted by Gasteiger charge is 2.24. The van der Waals surface area contributed by atoms with Gasteiger partial charge in [-0.15, -0.1) is 0 Å². The molecule has 1 heterocycles. The predicted molar refractivity (Wildman–Crippen MR) is 99.4 cm³/mol. The van der Waals surface area contributed by atoms with Gasteiger partial charge in [-0.3, -0.25) is 9.59 Å². The van der Waals surface area contributed by atoms with Gasteiger partial charge in [-0.2, -0.15) is 0 Å². The number of benzene rings is 1. The van der Waals surface area contributed by atoms with Crippen LogP contribution in [0.1, 0.15) is 61.7 Å². The van der Waals surface area contributed by atoms with Crippen LogP contribution in [-0.4, -0.2) is 47.8 Å². The van der Waals surface area contributed by atoms with Crippen LogP contribution >= 0.6 is 0 Å². The molecule has 3 rings (SSSR count). The molecule has 1 aromatic carbocycles. The molecule has 136 valence electrons. The first-order chi connectivity index (χ1) is 12.2. The lowest BCUT2D eigenvalue weighted by molar-refractivity contribution is -0.132. The molecule has 4 nitrogen and oxygen atoms in total. The summed E-state index contributed by atoms with van der Waals surface area (Å²) in [5.41, 5.74) is 0.731. The third kappa shape index (κ3) is 5.07. The highest BCUT2D eigenvalue weighted by molar-refractivity contribution is 5.94. The molecule has 1 aromatic rings. The van der Waals surface area contributed by atoms with Gasteiger partial charge in [0.25, 0.3) is 5.91 Å². The zero-order valence-electron chi connectivity index (χ0n) is 15.2. The van der Waals surface area contributed by atoms with Crippen molar-refractivity contribution in [2.24, 2.45) is 5.92 Å². The molecular weight excluding hydrogens is 312 g/mol. The van der Waals surface area contributed by atoms with E-state index in [1.54, 1.807) is 0 Å². The zero-order valence-corrected chi connectivity index (χ0v) is 15.2. The van der Waals surface area contributed by atoms with E-state index >= 15 is 0 Å². The lowest BCUT2D eigenvalue weighted by Gasteiger charge is -2.35. The number of nitrogens with zero attached hydrogens (tertiary/aromatic N) is 2. The minimum Gasteiger partial charge on any atom is -0.339 e. The first-order valence-corrected chi connectivity index (χ1v) is 9.86. The molecule has 0 unspecified atom stereocenters. The van der Waals surface area contributed by atoms with Gasteiger partial charge in [-0.05, 0) is 30.9 Å². The first kappa shape index (κ1) is 18.0. The third-order valence-electron chi connectivity index (χ3n) is 5.67. The van der Waals surface area contributed by atoms with Crippen molar-refractivity contribution in [3.63, 3.8) is 0 Å². The first-order valence-electron chi connectivity index (χ1n) is 9.86. The van der Waals surface area contributed by atoms with Crippen molar-refractivity contribution in [1.29, 1.82) is 0 Å². The standard InChI is InChI=1S/C21H30N2O2/c24-20(13-7-10-18-8-3-1-4-9-18)22-14-16-23(17-15-22)21(25)19-11-5-2-6-12-19/h2,5-6,11-12,18H,1,3-4,7-10,13-17H2. The lowest BCUT2D eigenvalue weighted by Crippen LogP contribution is -2.50. The maximum Gasteiger partial charge on any atom is 0.253 e. The van der Waals surface area contributed by atoms with Gasteiger partial charge in [-0.1, -0.05) is 50.3 Å². The fraction of sp³-hybridized carbons (Fsp3) is 0.619. The van der Waals surface area contributed by atoms with Gasteiger partial charge in [0, 0.05) is 38.2 Å². The quantitative estimate of drug-likeness (QED) is 0.818. The summed E-state index contributed by atoms with van der Waals surface area (Å²) in [5.74, 6) is 1.19. The number of carbonyl (C=O) groups is 2. The van der Waals surface area contributed by atoms with Crippen LogP contribution in [0.3, 0.4) is 0 Å². The molecule has 1 aliphatic heterocycles. The van der Waals surface area contributed by atoms with Crippen molar-refractivity contribution in [3.05, 3.63) is 35.9 Å². The van der Waals surface area contributed by atoms with Crippen LogP contribution in [0.5, 0.6) is 0 Å². The summed E-state index contributed by atoms with van der Waals surface area (Å²) in [5, 5.41) is 0. The van der Waals surface area contributed by atoms with Crippen molar-refractivity contribution in [1.82, 2.24) is 9.80 Å². The third-order valence-corrected chi connectivity index (χ3v) is 5.67. The van der Waals surface area contributed by atoms with Gasteiger partial charge >= 0.3 is 0 Å². The van der Waals surface area contributed by atoms with Gasteiger partial charge in [-0.25, -0.2) is 0 Å². The molecule has 0 bridgehead atoms. The van der Waals surface area contributed by atoms with Gasteiger partial charge in [0.2, 0.25) is 5.91 Å². The Hall–Kier alpha value is -1.84. The Bertz CT molecular complexity index is 559. The maximum atomic E-state index is 12.4. The van der Waals surface area contributed by atoms with E-state index in [1.807, 2.05) is 40.1 Å².